The van der Waals surface area contributed by atoms with Gasteiger partial charge in [0, 0.05) is 19.3 Å². The lowest BCUT2D eigenvalue weighted by atomic mass is 10.1. The zero-order valence-corrected chi connectivity index (χ0v) is 17.5. The number of hydrogen-bond acceptors (Lipinski definition) is 3. The lowest BCUT2D eigenvalue weighted by Gasteiger charge is -2.22. The normalized spacial score (nSPS) is 11.5. The van der Waals surface area contributed by atoms with E-state index in [1.807, 2.05) is 32.0 Å². The predicted molar refractivity (Wildman–Crippen MR) is 110 cm³/mol. The van der Waals surface area contributed by atoms with E-state index in [2.05, 4.69) is 5.32 Å². The molecular weight excluding hydrogens is 395 g/mol. The average molecular weight is 421 g/mol. The molecule has 2 rings (SSSR count). The Hall–Kier alpha value is -2.87. The Morgan fingerprint density at radius 1 is 0.967 bits per heavy atom. The number of hydrogen-bond donors (Lipinski definition) is 1. The van der Waals surface area contributed by atoms with Crippen LogP contribution in [-0.4, -0.2) is 48.8 Å². The van der Waals surface area contributed by atoms with Crippen molar-refractivity contribution < 1.29 is 22.8 Å². The maximum atomic E-state index is 12.6. The lowest BCUT2D eigenvalue weighted by molar-refractivity contribution is -0.137. The van der Waals surface area contributed by atoms with Gasteiger partial charge in [-0.1, -0.05) is 24.3 Å². The highest BCUT2D eigenvalue weighted by atomic mass is 19.4. The number of anilines is 1. The van der Waals surface area contributed by atoms with Crippen LogP contribution in [0.3, 0.4) is 0 Å². The number of halogens is 3. The largest absolute Gasteiger partial charge is 0.416 e. The quantitative estimate of drug-likeness (QED) is 0.739. The van der Waals surface area contributed by atoms with Gasteiger partial charge in [0.2, 0.25) is 11.8 Å². The number of amides is 2. The van der Waals surface area contributed by atoms with E-state index in [0.717, 1.165) is 23.3 Å². The molecule has 0 saturated heterocycles. The minimum Gasteiger partial charge on any atom is -0.335 e. The third-order valence-electron chi connectivity index (χ3n) is 4.61. The molecule has 162 valence electrons. The molecule has 0 atom stereocenters. The molecule has 0 unspecified atom stereocenters. The van der Waals surface area contributed by atoms with Crippen molar-refractivity contribution in [3.8, 4) is 0 Å². The molecule has 0 aromatic heterocycles. The molecule has 5 nitrogen and oxygen atoms in total. The molecule has 0 aliphatic carbocycles. The summed E-state index contributed by atoms with van der Waals surface area (Å²) < 4.78 is 37.9. The van der Waals surface area contributed by atoms with Crippen molar-refractivity contribution in [3.63, 3.8) is 0 Å². The monoisotopic (exact) mass is 421 g/mol. The van der Waals surface area contributed by atoms with Gasteiger partial charge in [0.15, 0.2) is 0 Å². The van der Waals surface area contributed by atoms with E-state index < -0.39 is 11.7 Å². The van der Waals surface area contributed by atoms with Crippen molar-refractivity contribution in [3.05, 3.63) is 64.7 Å². The molecular formula is C22H26F3N3O2. The molecule has 1 N–H and O–H groups in total. The fourth-order valence-corrected chi connectivity index (χ4v) is 2.88. The van der Waals surface area contributed by atoms with Crippen molar-refractivity contribution in [2.45, 2.75) is 26.6 Å². The molecule has 2 amide bonds. The number of nitrogens with one attached hydrogen (secondary N) is 1. The molecule has 0 aliphatic heterocycles. The molecule has 0 spiro atoms. The van der Waals surface area contributed by atoms with Crippen molar-refractivity contribution >= 4 is 17.5 Å². The molecule has 0 fully saturated rings. The number of likely N-dealkylation sites (N-methyl/N-ethyl adjacent to an activating group) is 2. The molecule has 0 saturated carbocycles. The SMILES string of the molecule is Cc1ccc(C)c(NC(=O)CN(C)C(=O)CN(C)Cc2ccc(C(F)(F)F)cc2)c1. The number of aryl methyl sites for hydroxylation is 2. The Morgan fingerprint density at radius 2 is 1.60 bits per heavy atom. The standard InChI is InChI=1S/C22H26F3N3O2/c1-15-5-6-16(2)19(11-15)26-20(29)13-28(4)21(30)14-27(3)12-17-7-9-18(10-8-17)22(23,24)25/h5-11H,12-14H2,1-4H3,(H,26,29). The summed E-state index contributed by atoms with van der Waals surface area (Å²) in [5.74, 6) is -0.564. The van der Waals surface area contributed by atoms with Crippen LogP contribution in [0.2, 0.25) is 0 Å². The second-order valence-electron chi connectivity index (χ2n) is 7.48. The van der Waals surface area contributed by atoms with Crippen molar-refractivity contribution in [1.29, 1.82) is 0 Å². The van der Waals surface area contributed by atoms with Gasteiger partial charge in [-0.05, 0) is 55.8 Å². The van der Waals surface area contributed by atoms with Gasteiger partial charge in [-0.25, -0.2) is 0 Å². The zero-order chi connectivity index (χ0) is 22.5. The summed E-state index contributed by atoms with van der Waals surface area (Å²) in [4.78, 5) is 27.7. The van der Waals surface area contributed by atoms with Crippen LogP contribution in [-0.2, 0) is 22.3 Å². The topological polar surface area (TPSA) is 52.7 Å². The fourth-order valence-electron chi connectivity index (χ4n) is 2.88. The number of nitrogens with zero attached hydrogens (tertiary/aromatic N) is 2. The van der Waals surface area contributed by atoms with Gasteiger partial charge in [0.25, 0.3) is 0 Å². The summed E-state index contributed by atoms with van der Waals surface area (Å²) in [6.45, 7) is 4.07. The first kappa shape index (κ1) is 23.4. The Kier molecular flexibility index (Phi) is 7.61. The molecule has 2 aromatic carbocycles. The minimum absolute atomic E-state index is 0.0360. The van der Waals surface area contributed by atoms with E-state index in [1.165, 1.54) is 24.1 Å². The van der Waals surface area contributed by atoms with Gasteiger partial charge in [-0.3, -0.25) is 14.5 Å². The van der Waals surface area contributed by atoms with E-state index in [0.29, 0.717) is 17.8 Å². The Labute approximate surface area is 174 Å². The summed E-state index contributed by atoms with van der Waals surface area (Å²) in [6.07, 6.45) is -4.37. The highest BCUT2D eigenvalue weighted by Gasteiger charge is 2.30. The van der Waals surface area contributed by atoms with E-state index >= 15 is 0 Å². The first-order chi connectivity index (χ1) is 14.0. The van der Waals surface area contributed by atoms with Crippen molar-refractivity contribution in [1.82, 2.24) is 9.80 Å². The van der Waals surface area contributed by atoms with Crippen LogP contribution in [0, 0.1) is 13.8 Å². The first-order valence-corrected chi connectivity index (χ1v) is 9.41. The Morgan fingerprint density at radius 3 is 2.20 bits per heavy atom. The van der Waals surface area contributed by atoms with Crippen LogP contribution < -0.4 is 5.32 Å². The molecule has 0 radical (unpaired) electrons. The highest BCUT2D eigenvalue weighted by Crippen LogP contribution is 2.29. The predicted octanol–water partition coefficient (Wildman–Crippen LogP) is 3.85. The van der Waals surface area contributed by atoms with Gasteiger partial charge in [0.1, 0.15) is 0 Å². The van der Waals surface area contributed by atoms with Crippen LogP contribution in [0.15, 0.2) is 42.5 Å². The third kappa shape index (κ3) is 6.88. The molecule has 0 aliphatic rings. The van der Waals surface area contributed by atoms with Crippen LogP contribution in [0.1, 0.15) is 22.3 Å². The fraction of sp³-hybridized carbons (Fsp3) is 0.364. The maximum absolute atomic E-state index is 12.6. The second-order valence-corrected chi connectivity index (χ2v) is 7.48. The number of carbonyl (C=O) groups is 2. The van der Waals surface area contributed by atoms with E-state index in [-0.39, 0.29) is 24.9 Å². The van der Waals surface area contributed by atoms with E-state index in [9.17, 15) is 22.8 Å². The van der Waals surface area contributed by atoms with Crippen LogP contribution >= 0.6 is 0 Å². The molecule has 0 bridgehead atoms. The molecule has 30 heavy (non-hydrogen) atoms. The van der Waals surface area contributed by atoms with E-state index in [4.69, 9.17) is 0 Å². The van der Waals surface area contributed by atoms with Crippen LogP contribution in [0.4, 0.5) is 18.9 Å². The Balaban J connectivity index is 1.85. The molecule has 2 aromatic rings. The van der Waals surface area contributed by atoms with Crippen molar-refractivity contribution in [2.75, 3.05) is 32.5 Å². The van der Waals surface area contributed by atoms with Crippen molar-refractivity contribution in [2.24, 2.45) is 0 Å². The molecule has 0 heterocycles. The number of alkyl halides is 3. The van der Waals surface area contributed by atoms with E-state index in [1.54, 1.807) is 11.9 Å². The van der Waals surface area contributed by atoms with Gasteiger partial charge in [-0.2, -0.15) is 13.2 Å². The maximum Gasteiger partial charge on any atom is 0.416 e. The highest BCUT2D eigenvalue weighted by molar-refractivity contribution is 5.95. The molecule has 8 heteroatoms. The first-order valence-electron chi connectivity index (χ1n) is 9.41. The summed E-state index contributed by atoms with van der Waals surface area (Å²) in [6, 6.07) is 10.6. The number of carbonyl (C=O) groups excluding carboxylic acids is 2. The third-order valence-corrected chi connectivity index (χ3v) is 4.61. The minimum atomic E-state index is -4.37. The van der Waals surface area contributed by atoms with Gasteiger partial charge in [-0.15, -0.1) is 0 Å². The smallest absolute Gasteiger partial charge is 0.335 e. The van der Waals surface area contributed by atoms with Crippen LogP contribution in [0.25, 0.3) is 0 Å². The summed E-state index contributed by atoms with van der Waals surface area (Å²) in [5.41, 5.74) is 2.61. The summed E-state index contributed by atoms with van der Waals surface area (Å²) in [5, 5.41) is 2.81. The summed E-state index contributed by atoms with van der Waals surface area (Å²) >= 11 is 0. The van der Waals surface area contributed by atoms with Crippen LogP contribution in [0.5, 0.6) is 0 Å². The number of rotatable bonds is 7. The van der Waals surface area contributed by atoms with Gasteiger partial charge in [0.05, 0.1) is 18.7 Å². The van der Waals surface area contributed by atoms with Gasteiger partial charge < -0.3 is 10.2 Å². The van der Waals surface area contributed by atoms with Gasteiger partial charge >= 0.3 is 6.18 Å². The lowest BCUT2D eigenvalue weighted by Crippen LogP contribution is -2.40. The summed E-state index contributed by atoms with van der Waals surface area (Å²) in [7, 11) is 3.23. The average Bonchev–Trinajstić information content (AvgIpc) is 2.64. The zero-order valence-electron chi connectivity index (χ0n) is 17.5. The second kappa shape index (κ2) is 9.75. The number of benzene rings is 2. The Bertz CT molecular complexity index is 895.